The number of alkyl halides is 3. The predicted molar refractivity (Wildman–Crippen MR) is 59.3 cm³/mol. The van der Waals surface area contributed by atoms with Crippen LogP contribution in [0.15, 0.2) is 6.07 Å². The molecule has 1 aliphatic heterocycles. The van der Waals surface area contributed by atoms with Gasteiger partial charge in [-0.25, -0.2) is 4.68 Å². The van der Waals surface area contributed by atoms with Crippen molar-refractivity contribution in [3.63, 3.8) is 0 Å². The Balaban J connectivity index is 1.94. The zero-order valence-corrected chi connectivity index (χ0v) is 10.1. The molecule has 0 saturated carbocycles. The van der Waals surface area contributed by atoms with Crippen molar-refractivity contribution in [2.24, 2.45) is 13.0 Å². The zero-order chi connectivity index (χ0) is 13.2. The van der Waals surface area contributed by atoms with Crippen LogP contribution in [-0.2, 0) is 13.2 Å². The predicted octanol–water partition coefficient (Wildman–Crippen LogP) is 1.82. The SMILES string of the molecule is Cn1nc(C(F)(F)F)cc1OCC1CCNCC1. The first kappa shape index (κ1) is 13.2. The molecule has 0 aromatic carbocycles. The summed E-state index contributed by atoms with van der Waals surface area (Å²) in [5.41, 5.74) is -0.912. The summed E-state index contributed by atoms with van der Waals surface area (Å²) in [6.45, 7) is 2.32. The fourth-order valence-electron chi connectivity index (χ4n) is 1.98. The van der Waals surface area contributed by atoms with Crippen LogP contribution in [-0.4, -0.2) is 29.5 Å². The van der Waals surface area contributed by atoms with Gasteiger partial charge >= 0.3 is 6.18 Å². The average molecular weight is 263 g/mol. The fraction of sp³-hybridized carbons (Fsp3) is 0.727. The molecule has 102 valence electrons. The molecule has 0 amide bonds. The molecule has 0 bridgehead atoms. The van der Waals surface area contributed by atoms with Gasteiger partial charge in [0.05, 0.1) is 6.61 Å². The Kier molecular flexibility index (Phi) is 3.79. The summed E-state index contributed by atoms with van der Waals surface area (Å²) >= 11 is 0. The number of rotatable bonds is 3. The fourth-order valence-corrected chi connectivity index (χ4v) is 1.98. The molecule has 18 heavy (non-hydrogen) atoms. The lowest BCUT2D eigenvalue weighted by Gasteiger charge is -2.22. The van der Waals surface area contributed by atoms with E-state index in [2.05, 4.69) is 10.4 Å². The molecule has 1 aliphatic rings. The van der Waals surface area contributed by atoms with E-state index in [-0.39, 0.29) is 5.88 Å². The van der Waals surface area contributed by atoms with Crippen molar-refractivity contribution in [3.05, 3.63) is 11.8 Å². The Labute approximate surface area is 103 Å². The Bertz CT molecular complexity index is 397. The van der Waals surface area contributed by atoms with Crippen molar-refractivity contribution in [2.75, 3.05) is 19.7 Å². The number of aryl methyl sites for hydroxylation is 1. The van der Waals surface area contributed by atoms with E-state index in [0.29, 0.717) is 12.5 Å². The van der Waals surface area contributed by atoms with Crippen LogP contribution in [0, 0.1) is 5.92 Å². The van der Waals surface area contributed by atoms with Gasteiger partial charge in [0.15, 0.2) is 5.69 Å². The van der Waals surface area contributed by atoms with E-state index < -0.39 is 11.9 Å². The molecule has 2 rings (SSSR count). The highest BCUT2D eigenvalue weighted by Crippen LogP contribution is 2.30. The van der Waals surface area contributed by atoms with Gasteiger partial charge in [0.1, 0.15) is 0 Å². The maximum atomic E-state index is 12.4. The highest BCUT2D eigenvalue weighted by atomic mass is 19.4. The van der Waals surface area contributed by atoms with Crippen molar-refractivity contribution in [1.29, 1.82) is 0 Å². The number of piperidine rings is 1. The molecule has 0 unspecified atom stereocenters. The molecule has 4 nitrogen and oxygen atoms in total. The third-order valence-corrected chi connectivity index (χ3v) is 3.05. The molecule has 1 fully saturated rings. The number of nitrogens with zero attached hydrogens (tertiary/aromatic N) is 2. The first-order chi connectivity index (χ1) is 8.47. The Hall–Kier alpha value is -1.24. The van der Waals surface area contributed by atoms with Crippen LogP contribution in [0.25, 0.3) is 0 Å². The average Bonchev–Trinajstić information content (AvgIpc) is 2.69. The summed E-state index contributed by atoms with van der Waals surface area (Å²) in [6.07, 6.45) is -2.44. The molecular formula is C11H16F3N3O. The van der Waals surface area contributed by atoms with Crippen LogP contribution in [0.4, 0.5) is 13.2 Å². The van der Waals surface area contributed by atoms with Gasteiger partial charge in [0, 0.05) is 13.1 Å². The van der Waals surface area contributed by atoms with Crippen LogP contribution in [0.1, 0.15) is 18.5 Å². The molecule has 0 aliphatic carbocycles. The second-order valence-corrected chi connectivity index (χ2v) is 4.49. The standard InChI is InChI=1S/C11H16F3N3O/c1-17-10(6-9(16-17)11(12,13)14)18-7-8-2-4-15-5-3-8/h6,8,15H,2-5,7H2,1H3. The molecule has 0 spiro atoms. The monoisotopic (exact) mass is 263 g/mol. The number of ether oxygens (including phenoxy) is 1. The topological polar surface area (TPSA) is 39.1 Å². The zero-order valence-electron chi connectivity index (χ0n) is 10.1. The van der Waals surface area contributed by atoms with Crippen LogP contribution < -0.4 is 10.1 Å². The van der Waals surface area contributed by atoms with Gasteiger partial charge in [0.2, 0.25) is 5.88 Å². The summed E-state index contributed by atoms with van der Waals surface area (Å²) in [7, 11) is 1.45. The second-order valence-electron chi connectivity index (χ2n) is 4.49. The lowest BCUT2D eigenvalue weighted by atomic mass is 9.99. The smallest absolute Gasteiger partial charge is 0.435 e. The highest BCUT2D eigenvalue weighted by molar-refractivity contribution is 5.18. The maximum Gasteiger partial charge on any atom is 0.435 e. The lowest BCUT2D eigenvalue weighted by Crippen LogP contribution is -2.30. The minimum absolute atomic E-state index is 0.167. The summed E-state index contributed by atoms with van der Waals surface area (Å²) < 4.78 is 43.9. The van der Waals surface area contributed by atoms with Gasteiger partial charge < -0.3 is 10.1 Å². The molecule has 2 heterocycles. The molecule has 1 saturated heterocycles. The lowest BCUT2D eigenvalue weighted by molar-refractivity contribution is -0.141. The van der Waals surface area contributed by atoms with Crippen LogP contribution in [0.3, 0.4) is 0 Å². The van der Waals surface area contributed by atoms with Crippen LogP contribution >= 0.6 is 0 Å². The number of hydrogen-bond acceptors (Lipinski definition) is 3. The van der Waals surface area contributed by atoms with E-state index in [0.717, 1.165) is 36.7 Å². The van der Waals surface area contributed by atoms with E-state index in [9.17, 15) is 13.2 Å². The first-order valence-corrected chi connectivity index (χ1v) is 5.91. The molecule has 1 N–H and O–H groups in total. The summed E-state index contributed by atoms with van der Waals surface area (Å²) in [5, 5.41) is 6.63. The van der Waals surface area contributed by atoms with Gasteiger partial charge in [0.25, 0.3) is 0 Å². The molecular weight excluding hydrogens is 247 g/mol. The molecule has 0 atom stereocenters. The quantitative estimate of drug-likeness (QED) is 0.904. The van der Waals surface area contributed by atoms with E-state index in [1.165, 1.54) is 7.05 Å². The van der Waals surface area contributed by atoms with Crippen molar-refractivity contribution < 1.29 is 17.9 Å². The first-order valence-electron chi connectivity index (χ1n) is 5.91. The number of hydrogen-bond donors (Lipinski definition) is 1. The minimum Gasteiger partial charge on any atom is -0.478 e. The Morgan fingerprint density at radius 3 is 2.67 bits per heavy atom. The number of nitrogens with one attached hydrogen (secondary N) is 1. The van der Waals surface area contributed by atoms with Crippen molar-refractivity contribution in [2.45, 2.75) is 19.0 Å². The van der Waals surface area contributed by atoms with Crippen molar-refractivity contribution in [1.82, 2.24) is 15.1 Å². The summed E-state index contributed by atoms with van der Waals surface area (Å²) in [6, 6.07) is 0.946. The third-order valence-electron chi connectivity index (χ3n) is 3.05. The van der Waals surface area contributed by atoms with Crippen LogP contribution in [0.2, 0.25) is 0 Å². The van der Waals surface area contributed by atoms with Crippen molar-refractivity contribution >= 4 is 0 Å². The molecule has 1 aromatic heterocycles. The normalized spacial score (nSPS) is 18.0. The van der Waals surface area contributed by atoms with Crippen molar-refractivity contribution in [3.8, 4) is 5.88 Å². The van der Waals surface area contributed by atoms with Gasteiger partial charge in [-0.15, -0.1) is 0 Å². The largest absolute Gasteiger partial charge is 0.478 e. The number of halogens is 3. The van der Waals surface area contributed by atoms with E-state index in [4.69, 9.17) is 4.74 Å². The van der Waals surface area contributed by atoms with Gasteiger partial charge in [-0.2, -0.15) is 18.3 Å². The van der Waals surface area contributed by atoms with Gasteiger partial charge in [-0.05, 0) is 31.8 Å². The van der Waals surface area contributed by atoms with Gasteiger partial charge in [-0.3, -0.25) is 0 Å². The minimum atomic E-state index is -4.42. The Morgan fingerprint density at radius 2 is 2.11 bits per heavy atom. The van der Waals surface area contributed by atoms with Gasteiger partial charge in [-0.1, -0.05) is 0 Å². The Morgan fingerprint density at radius 1 is 1.44 bits per heavy atom. The molecule has 0 radical (unpaired) electrons. The molecule has 7 heteroatoms. The third kappa shape index (κ3) is 3.16. The highest BCUT2D eigenvalue weighted by Gasteiger charge is 2.35. The van der Waals surface area contributed by atoms with E-state index in [1.54, 1.807) is 0 Å². The summed E-state index contributed by atoms with van der Waals surface area (Å²) in [4.78, 5) is 0. The van der Waals surface area contributed by atoms with E-state index >= 15 is 0 Å². The molecule has 1 aromatic rings. The second kappa shape index (κ2) is 5.17. The summed E-state index contributed by atoms with van der Waals surface area (Å²) in [5.74, 6) is 0.566. The van der Waals surface area contributed by atoms with Crippen LogP contribution in [0.5, 0.6) is 5.88 Å². The number of aromatic nitrogens is 2. The van der Waals surface area contributed by atoms with E-state index in [1.807, 2.05) is 0 Å². The maximum absolute atomic E-state index is 12.4.